The highest BCUT2D eigenvalue weighted by Crippen LogP contribution is 2.18. The minimum Gasteiger partial charge on any atom is -0.491 e. The Hall–Kier alpha value is -1.48. The standard InChI is InChI=1S/C14H21NO2/c1-4-9-15-10-11-16-13-5-7-14(8-6-13)17-12(2)3/h4-8,12,15H,1,9-11H2,2-3H3/p+1. The molecule has 1 rings (SSSR count). The van der Waals surface area contributed by atoms with E-state index in [2.05, 4.69) is 11.9 Å². The first-order chi connectivity index (χ1) is 8.22. The number of hydrogen-bond donors (Lipinski definition) is 1. The lowest BCUT2D eigenvalue weighted by molar-refractivity contribution is -0.646. The Bertz CT molecular complexity index is 319. The number of quaternary nitrogens is 1. The van der Waals surface area contributed by atoms with Gasteiger partial charge in [0.25, 0.3) is 0 Å². The molecule has 0 fully saturated rings. The molecule has 94 valence electrons. The minimum absolute atomic E-state index is 0.204. The first-order valence-corrected chi connectivity index (χ1v) is 6.04. The van der Waals surface area contributed by atoms with Gasteiger partial charge in [-0.1, -0.05) is 6.58 Å². The summed E-state index contributed by atoms with van der Waals surface area (Å²) in [5, 5.41) is 2.16. The predicted octanol–water partition coefficient (Wildman–Crippen LogP) is 1.60. The van der Waals surface area contributed by atoms with Crippen molar-refractivity contribution >= 4 is 0 Å². The Kier molecular flexibility index (Phi) is 6.18. The van der Waals surface area contributed by atoms with E-state index in [-0.39, 0.29) is 6.10 Å². The molecule has 1 aromatic rings. The second-order valence-electron chi connectivity index (χ2n) is 4.09. The van der Waals surface area contributed by atoms with Crippen molar-refractivity contribution in [3.05, 3.63) is 36.9 Å². The first-order valence-electron chi connectivity index (χ1n) is 6.04. The fourth-order valence-corrected chi connectivity index (χ4v) is 1.38. The van der Waals surface area contributed by atoms with Crippen LogP contribution in [0.4, 0.5) is 0 Å². The van der Waals surface area contributed by atoms with Crippen molar-refractivity contribution in [3.63, 3.8) is 0 Å². The molecule has 0 bridgehead atoms. The summed E-state index contributed by atoms with van der Waals surface area (Å²) in [5.74, 6) is 1.76. The van der Waals surface area contributed by atoms with Gasteiger partial charge in [0.2, 0.25) is 0 Å². The van der Waals surface area contributed by atoms with Crippen molar-refractivity contribution in [1.82, 2.24) is 0 Å². The van der Waals surface area contributed by atoms with E-state index in [1.807, 2.05) is 44.2 Å². The van der Waals surface area contributed by atoms with Crippen LogP contribution in [0.3, 0.4) is 0 Å². The van der Waals surface area contributed by atoms with E-state index in [4.69, 9.17) is 9.47 Å². The molecular formula is C14H22NO2+. The highest BCUT2D eigenvalue weighted by molar-refractivity contribution is 5.31. The summed E-state index contributed by atoms with van der Waals surface area (Å²) in [6.07, 6.45) is 2.09. The molecule has 0 saturated heterocycles. The molecule has 0 aliphatic carbocycles. The van der Waals surface area contributed by atoms with Gasteiger partial charge in [-0.05, 0) is 44.2 Å². The zero-order chi connectivity index (χ0) is 12.5. The summed E-state index contributed by atoms with van der Waals surface area (Å²) in [5.41, 5.74) is 0. The largest absolute Gasteiger partial charge is 0.491 e. The molecule has 0 aliphatic heterocycles. The molecule has 0 unspecified atom stereocenters. The lowest BCUT2D eigenvalue weighted by Gasteiger charge is -2.10. The van der Waals surface area contributed by atoms with Gasteiger partial charge in [-0.25, -0.2) is 0 Å². The molecule has 0 atom stereocenters. The zero-order valence-electron chi connectivity index (χ0n) is 10.7. The van der Waals surface area contributed by atoms with Gasteiger partial charge < -0.3 is 14.8 Å². The Morgan fingerprint density at radius 3 is 2.47 bits per heavy atom. The molecule has 3 heteroatoms. The normalized spacial score (nSPS) is 10.3. The summed E-state index contributed by atoms with van der Waals surface area (Å²) in [6.45, 7) is 10.3. The SMILES string of the molecule is C=CC[NH2+]CCOc1ccc(OC(C)C)cc1. The van der Waals surface area contributed by atoms with E-state index in [0.717, 1.165) is 24.6 Å². The quantitative estimate of drug-likeness (QED) is 0.549. The van der Waals surface area contributed by atoms with E-state index in [1.54, 1.807) is 0 Å². The second kappa shape index (κ2) is 7.74. The third kappa shape index (κ3) is 5.97. The third-order valence-corrected chi connectivity index (χ3v) is 2.12. The van der Waals surface area contributed by atoms with Crippen molar-refractivity contribution in [1.29, 1.82) is 0 Å². The molecule has 0 amide bonds. The number of rotatable bonds is 8. The van der Waals surface area contributed by atoms with Crippen LogP contribution in [-0.2, 0) is 0 Å². The van der Waals surface area contributed by atoms with Crippen LogP contribution >= 0.6 is 0 Å². The van der Waals surface area contributed by atoms with Gasteiger partial charge in [-0.15, -0.1) is 0 Å². The number of hydrogen-bond acceptors (Lipinski definition) is 2. The van der Waals surface area contributed by atoms with Crippen LogP contribution in [0, 0.1) is 0 Å². The van der Waals surface area contributed by atoms with Gasteiger partial charge in [-0.2, -0.15) is 0 Å². The number of nitrogens with two attached hydrogens (primary N) is 1. The Morgan fingerprint density at radius 2 is 1.88 bits per heavy atom. The summed E-state index contributed by atoms with van der Waals surface area (Å²) >= 11 is 0. The smallest absolute Gasteiger partial charge is 0.137 e. The topological polar surface area (TPSA) is 35.1 Å². The highest BCUT2D eigenvalue weighted by Gasteiger charge is 1.98. The summed E-state index contributed by atoms with van der Waals surface area (Å²) in [7, 11) is 0. The Morgan fingerprint density at radius 1 is 1.24 bits per heavy atom. The summed E-state index contributed by atoms with van der Waals surface area (Å²) in [6, 6.07) is 7.74. The van der Waals surface area contributed by atoms with Crippen molar-refractivity contribution in [2.24, 2.45) is 0 Å². The lowest BCUT2D eigenvalue weighted by Crippen LogP contribution is -2.85. The Balaban J connectivity index is 2.27. The fourth-order valence-electron chi connectivity index (χ4n) is 1.38. The molecule has 0 aliphatic rings. The fraction of sp³-hybridized carbons (Fsp3) is 0.429. The van der Waals surface area contributed by atoms with Crippen LogP contribution < -0.4 is 14.8 Å². The number of benzene rings is 1. The summed E-state index contributed by atoms with van der Waals surface area (Å²) < 4.78 is 11.1. The predicted molar refractivity (Wildman–Crippen MR) is 69.6 cm³/mol. The molecular weight excluding hydrogens is 214 g/mol. The molecule has 0 aromatic heterocycles. The van der Waals surface area contributed by atoms with Gasteiger partial charge >= 0.3 is 0 Å². The van der Waals surface area contributed by atoms with Crippen LogP contribution in [0.25, 0.3) is 0 Å². The molecule has 0 heterocycles. The van der Waals surface area contributed by atoms with Gasteiger partial charge in [0.15, 0.2) is 0 Å². The second-order valence-corrected chi connectivity index (χ2v) is 4.09. The van der Waals surface area contributed by atoms with E-state index < -0.39 is 0 Å². The average Bonchev–Trinajstić information content (AvgIpc) is 2.30. The third-order valence-electron chi connectivity index (χ3n) is 2.12. The van der Waals surface area contributed by atoms with E-state index in [1.165, 1.54) is 0 Å². The summed E-state index contributed by atoms with van der Waals surface area (Å²) in [4.78, 5) is 0. The van der Waals surface area contributed by atoms with E-state index in [9.17, 15) is 0 Å². The monoisotopic (exact) mass is 236 g/mol. The molecule has 2 N–H and O–H groups in total. The van der Waals surface area contributed by atoms with E-state index >= 15 is 0 Å². The van der Waals surface area contributed by atoms with Crippen LogP contribution in [0.1, 0.15) is 13.8 Å². The molecule has 0 radical (unpaired) electrons. The lowest BCUT2D eigenvalue weighted by atomic mass is 10.3. The van der Waals surface area contributed by atoms with Crippen molar-refractivity contribution < 1.29 is 14.8 Å². The van der Waals surface area contributed by atoms with Gasteiger partial charge in [0.05, 0.1) is 12.6 Å². The van der Waals surface area contributed by atoms with Gasteiger partial charge in [-0.3, -0.25) is 0 Å². The van der Waals surface area contributed by atoms with Crippen molar-refractivity contribution in [3.8, 4) is 11.5 Å². The van der Waals surface area contributed by atoms with E-state index in [0.29, 0.717) is 6.61 Å². The number of ether oxygens (including phenoxy) is 2. The maximum Gasteiger partial charge on any atom is 0.137 e. The minimum atomic E-state index is 0.204. The molecule has 17 heavy (non-hydrogen) atoms. The van der Waals surface area contributed by atoms with Gasteiger partial charge in [0.1, 0.15) is 24.7 Å². The molecule has 1 aromatic carbocycles. The molecule has 0 saturated carbocycles. The van der Waals surface area contributed by atoms with Crippen molar-refractivity contribution in [2.75, 3.05) is 19.7 Å². The molecule has 3 nitrogen and oxygen atoms in total. The highest BCUT2D eigenvalue weighted by atomic mass is 16.5. The van der Waals surface area contributed by atoms with Crippen LogP contribution in [0.15, 0.2) is 36.9 Å². The average molecular weight is 236 g/mol. The van der Waals surface area contributed by atoms with Gasteiger partial charge in [0, 0.05) is 0 Å². The maximum atomic E-state index is 5.59. The first kappa shape index (κ1) is 13.6. The zero-order valence-corrected chi connectivity index (χ0v) is 10.7. The molecule has 0 spiro atoms. The maximum absolute atomic E-state index is 5.59. The van der Waals surface area contributed by atoms with Crippen LogP contribution in [0.5, 0.6) is 11.5 Å². The Labute approximate surface area is 103 Å². The van der Waals surface area contributed by atoms with Crippen molar-refractivity contribution in [2.45, 2.75) is 20.0 Å². The van der Waals surface area contributed by atoms with Crippen LogP contribution in [0.2, 0.25) is 0 Å². The van der Waals surface area contributed by atoms with Crippen LogP contribution in [-0.4, -0.2) is 25.8 Å².